The van der Waals surface area contributed by atoms with Crippen LogP contribution in [0.1, 0.15) is 11.6 Å². The van der Waals surface area contributed by atoms with Crippen LogP contribution in [0, 0.1) is 5.82 Å². The van der Waals surface area contributed by atoms with Gasteiger partial charge < -0.3 is 9.55 Å². The Balaban J connectivity index is 0.000000526. The van der Waals surface area contributed by atoms with Gasteiger partial charge in [0.05, 0.1) is 28.5 Å². The van der Waals surface area contributed by atoms with Crippen molar-refractivity contribution in [1.29, 1.82) is 0 Å². The maximum atomic E-state index is 13.2. The lowest BCUT2D eigenvalue weighted by Crippen LogP contribution is -2.00. The van der Waals surface area contributed by atoms with Crippen LogP contribution < -0.4 is 0 Å². The van der Waals surface area contributed by atoms with Crippen molar-refractivity contribution in [3.63, 3.8) is 0 Å². The summed E-state index contributed by atoms with van der Waals surface area (Å²) in [4.78, 5) is 28.5. The van der Waals surface area contributed by atoms with Crippen LogP contribution in [0.15, 0.2) is 42.5 Å². The Hall–Kier alpha value is -3.31. The van der Waals surface area contributed by atoms with Gasteiger partial charge in [0.15, 0.2) is 0 Å². The number of aromatic nitrogens is 4. The van der Waals surface area contributed by atoms with Crippen molar-refractivity contribution in [1.82, 2.24) is 19.5 Å². The van der Waals surface area contributed by atoms with Crippen molar-refractivity contribution in [2.45, 2.75) is 6.42 Å². The molecule has 24 heavy (non-hydrogen) atoms. The van der Waals surface area contributed by atoms with Gasteiger partial charge in [0.25, 0.3) is 0 Å². The number of rotatable bonds is 2. The van der Waals surface area contributed by atoms with Gasteiger partial charge in [0.2, 0.25) is 0 Å². The minimum absolute atomic E-state index is 0.250. The highest BCUT2D eigenvalue weighted by Gasteiger charge is 2.10. The van der Waals surface area contributed by atoms with Crippen molar-refractivity contribution in [3.8, 4) is 0 Å². The Labute approximate surface area is 136 Å². The number of imidazole rings is 2. The fourth-order valence-electron chi connectivity index (χ4n) is 2.62. The molecule has 0 spiro atoms. The number of para-hydroxylation sites is 2. The van der Waals surface area contributed by atoms with Gasteiger partial charge in [-0.05, 0) is 30.3 Å². The number of aryl methyl sites for hydroxylation is 1. The molecule has 2 aromatic heterocycles. The van der Waals surface area contributed by atoms with Crippen LogP contribution in [0.4, 0.5) is 4.39 Å². The smallest absolute Gasteiger partial charge is 0.342 e. The highest BCUT2D eigenvalue weighted by molar-refractivity contribution is 5.76. The Bertz CT molecular complexity index is 1050. The zero-order chi connectivity index (χ0) is 17.1. The molecule has 0 unspecified atom stereocenters. The molecule has 6 nitrogen and oxygen atoms in total. The van der Waals surface area contributed by atoms with E-state index in [-0.39, 0.29) is 12.0 Å². The van der Waals surface area contributed by atoms with Gasteiger partial charge in [0, 0.05) is 7.05 Å². The summed E-state index contributed by atoms with van der Waals surface area (Å²) in [5.74, 6) is 1.45. The number of aromatic amines is 1. The van der Waals surface area contributed by atoms with Crippen LogP contribution in [-0.2, 0) is 23.1 Å². The molecule has 7 heteroatoms. The summed E-state index contributed by atoms with van der Waals surface area (Å²) < 4.78 is 15.3. The van der Waals surface area contributed by atoms with Crippen LogP contribution in [0.5, 0.6) is 0 Å². The summed E-state index contributed by atoms with van der Waals surface area (Å²) in [6.45, 7) is 0. The molecule has 4 rings (SSSR count). The van der Waals surface area contributed by atoms with E-state index in [9.17, 15) is 4.39 Å². The summed E-state index contributed by atoms with van der Waals surface area (Å²) in [7, 11) is 1.99. The first-order valence-corrected chi connectivity index (χ1v) is 7.16. The maximum Gasteiger partial charge on any atom is 0.373 e. The molecule has 0 aliphatic carbocycles. The van der Waals surface area contributed by atoms with E-state index in [1.807, 2.05) is 31.3 Å². The van der Waals surface area contributed by atoms with E-state index >= 15 is 0 Å². The Morgan fingerprint density at radius 1 is 1.12 bits per heavy atom. The number of fused-ring (bicyclic) bond motifs is 2. The standard InChI is InChI=1S/C16H13FN4.CO2/c1-21-14-5-3-2-4-12(14)20-16(21)9-15-18-11-7-6-10(17)8-13(11)19-15;2-1-3/h2-8H,9H2,1H3,(H,18,19);. The average molecular weight is 324 g/mol. The topological polar surface area (TPSA) is 80.6 Å². The lowest BCUT2D eigenvalue weighted by Gasteiger charge is -1.99. The summed E-state index contributed by atoms with van der Waals surface area (Å²) in [5.41, 5.74) is 3.54. The molecule has 0 saturated carbocycles. The zero-order valence-corrected chi connectivity index (χ0v) is 12.8. The Kier molecular flexibility index (Phi) is 4.18. The van der Waals surface area contributed by atoms with Crippen molar-refractivity contribution in [2.24, 2.45) is 7.05 Å². The number of hydrogen-bond donors (Lipinski definition) is 1. The van der Waals surface area contributed by atoms with E-state index in [1.54, 1.807) is 6.07 Å². The number of hydrogen-bond acceptors (Lipinski definition) is 4. The molecular formula is C17H13FN4O2. The first-order chi connectivity index (χ1) is 11.6. The monoisotopic (exact) mass is 324 g/mol. The molecule has 0 amide bonds. The van der Waals surface area contributed by atoms with Crippen molar-refractivity contribution < 1.29 is 14.0 Å². The van der Waals surface area contributed by atoms with Gasteiger partial charge in [-0.1, -0.05) is 12.1 Å². The third-order valence-electron chi connectivity index (χ3n) is 3.70. The fraction of sp³-hybridized carbons (Fsp3) is 0.118. The summed E-state index contributed by atoms with van der Waals surface area (Å²) in [6, 6.07) is 12.6. The van der Waals surface area contributed by atoms with E-state index < -0.39 is 0 Å². The number of halogens is 1. The molecule has 0 aliphatic rings. The Morgan fingerprint density at radius 2 is 1.88 bits per heavy atom. The summed E-state index contributed by atoms with van der Waals surface area (Å²) in [5, 5.41) is 0. The second kappa shape index (κ2) is 6.44. The molecule has 0 fully saturated rings. The second-order valence-corrected chi connectivity index (χ2v) is 5.18. The van der Waals surface area contributed by atoms with E-state index in [2.05, 4.69) is 19.5 Å². The summed E-state index contributed by atoms with van der Waals surface area (Å²) in [6.07, 6.45) is 0.835. The number of nitrogens with one attached hydrogen (secondary N) is 1. The number of benzene rings is 2. The van der Waals surface area contributed by atoms with E-state index in [0.717, 1.165) is 28.2 Å². The van der Waals surface area contributed by atoms with Crippen molar-refractivity contribution >= 4 is 28.2 Å². The van der Waals surface area contributed by atoms with Crippen molar-refractivity contribution in [3.05, 3.63) is 59.9 Å². The third-order valence-corrected chi connectivity index (χ3v) is 3.70. The molecule has 0 saturated heterocycles. The number of H-pyrrole nitrogens is 1. The summed E-state index contributed by atoms with van der Waals surface area (Å²) >= 11 is 0. The molecule has 2 aromatic carbocycles. The van der Waals surface area contributed by atoms with Crippen LogP contribution in [0.2, 0.25) is 0 Å². The fourth-order valence-corrected chi connectivity index (χ4v) is 2.62. The van der Waals surface area contributed by atoms with Gasteiger partial charge in [0.1, 0.15) is 17.5 Å². The van der Waals surface area contributed by atoms with Crippen molar-refractivity contribution in [2.75, 3.05) is 0 Å². The van der Waals surface area contributed by atoms with Gasteiger partial charge >= 0.3 is 6.15 Å². The average Bonchev–Trinajstić information content (AvgIpc) is 3.09. The molecule has 0 atom stereocenters. The number of carbonyl (C=O) groups excluding carboxylic acids is 2. The molecule has 1 N–H and O–H groups in total. The molecule has 4 aromatic rings. The predicted octanol–water partition coefficient (Wildman–Crippen LogP) is 2.60. The van der Waals surface area contributed by atoms with Gasteiger partial charge in [-0.3, -0.25) is 0 Å². The molecule has 2 heterocycles. The number of nitrogens with zero attached hydrogens (tertiary/aromatic N) is 3. The van der Waals surface area contributed by atoms with Gasteiger partial charge in [-0.2, -0.15) is 9.59 Å². The highest BCUT2D eigenvalue weighted by Crippen LogP contribution is 2.18. The van der Waals surface area contributed by atoms with Crippen LogP contribution in [0.25, 0.3) is 22.1 Å². The highest BCUT2D eigenvalue weighted by atomic mass is 19.1. The Morgan fingerprint density at radius 3 is 2.62 bits per heavy atom. The maximum absolute atomic E-state index is 13.2. The van der Waals surface area contributed by atoms with Gasteiger partial charge in [-0.25, -0.2) is 14.4 Å². The van der Waals surface area contributed by atoms with Gasteiger partial charge in [-0.15, -0.1) is 0 Å². The van der Waals surface area contributed by atoms with Crippen LogP contribution in [0.3, 0.4) is 0 Å². The molecule has 0 radical (unpaired) electrons. The minimum atomic E-state index is -0.263. The lowest BCUT2D eigenvalue weighted by atomic mass is 10.3. The zero-order valence-electron chi connectivity index (χ0n) is 12.8. The lowest BCUT2D eigenvalue weighted by molar-refractivity contribution is -0.191. The minimum Gasteiger partial charge on any atom is -0.342 e. The van der Waals surface area contributed by atoms with E-state index in [1.165, 1.54) is 12.1 Å². The van der Waals surface area contributed by atoms with Crippen LogP contribution >= 0.6 is 0 Å². The largest absolute Gasteiger partial charge is 0.373 e. The third kappa shape index (κ3) is 2.93. The SMILES string of the molecule is Cn1c(Cc2nc3ccc(F)cc3[nH]2)nc2ccccc21.O=C=O. The van der Waals surface area contributed by atoms with E-state index in [0.29, 0.717) is 11.9 Å². The molecule has 0 aliphatic heterocycles. The molecule has 120 valence electrons. The quantitative estimate of drug-likeness (QED) is 0.614. The molecular weight excluding hydrogens is 311 g/mol. The first kappa shape index (κ1) is 15.6. The predicted molar refractivity (Wildman–Crippen MR) is 84.6 cm³/mol. The molecule has 0 bridgehead atoms. The van der Waals surface area contributed by atoms with Crippen LogP contribution in [-0.4, -0.2) is 25.7 Å². The second-order valence-electron chi connectivity index (χ2n) is 5.18. The van der Waals surface area contributed by atoms with E-state index in [4.69, 9.17) is 9.59 Å². The first-order valence-electron chi connectivity index (χ1n) is 7.16. The normalized spacial score (nSPS) is 10.4.